The Morgan fingerprint density at radius 2 is 1.79 bits per heavy atom. The summed E-state index contributed by atoms with van der Waals surface area (Å²) < 4.78 is 35.5. The molecule has 24 heavy (non-hydrogen) atoms. The maximum atomic E-state index is 12.5. The molecule has 0 saturated carbocycles. The molecule has 0 bridgehead atoms. The van der Waals surface area contributed by atoms with Crippen LogP contribution >= 0.6 is 0 Å². The molecule has 1 aliphatic heterocycles. The van der Waals surface area contributed by atoms with Gasteiger partial charge in [-0.15, -0.1) is 6.58 Å². The van der Waals surface area contributed by atoms with Crippen LogP contribution in [0.2, 0.25) is 0 Å². The second kappa shape index (κ2) is 7.73. The topological polar surface area (TPSA) is 113 Å². The second-order valence-corrected chi connectivity index (χ2v) is 7.77. The highest BCUT2D eigenvalue weighted by molar-refractivity contribution is 7.91. The number of ether oxygens (including phenoxy) is 2. The predicted octanol–water partition coefficient (Wildman–Crippen LogP) is -0.221. The van der Waals surface area contributed by atoms with Gasteiger partial charge in [0.2, 0.25) is 0 Å². The molecular weight excluding hydrogens is 336 g/mol. The lowest BCUT2D eigenvalue weighted by molar-refractivity contribution is -0.289. The van der Waals surface area contributed by atoms with Crippen LogP contribution in [0.5, 0.6) is 0 Å². The van der Waals surface area contributed by atoms with E-state index in [9.17, 15) is 23.7 Å². The van der Waals surface area contributed by atoms with Crippen LogP contribution in [-0.2, 0) is 19.3 Å². The van der Waals surface area contributed by atoms with E-state index in [4.69, 9.17) is 9.47 Å². The van der Waals surface area contributed by atoms with E-state index in [1.165, 1.54) is 18.2 Å². The summed E-state index contributed by atoms with van der Waals surface area (Å²) in [6.45, 7) is 5.34. The first-order chi connectivity index (χ1) is 11.3. The molecule has 8 heteroatoms. The van der Waals surface area contributed by atoms with E-state index in [-0.39, 0.29) is 11.5 Å². The van der Waals surface area contributed by atoms with Gasteiger partial charge in [-0.2, -0.15) is 0 Å². The van der Waals surface area contributed by atoms with Crippen LogP contribution in [0.3, 0.4) is 0 Å². The van der Waals surface area contributed by atoms with Gasteiger partial charge in [0.15, 0.2) is 16.1 Å². The van der Waals surface area contributed by atoms with Gasteiger partial charge < -0.3 is 24.8 Å². The number of sulfone groups is 1. The maximum absolute atomic E-state index is 12.5. The summed E-state index contributed by atoms with van der Waals surface area (Å²) in [4.78, 5) is 0.0908. The van der Waals surface area contributed by atoms with Crippen LogP contribution in [0.15, 0.2) is 41.8 Å². The Kier molecular flexibility index (Phi) is 6.13. The molecule has 1 aliphatic rings. The summed E-state index contributed by atoms with van der Waals surface area (Å²) in [6, 6.07) is 6.27. The van der Waals surface area contributed by atoms with Crippen LogP contribution in [0.1, 0.15) is 5.56 Å². The maximum Gasteiger partial charge on any atom is 0.186 e. The molecule has 0 aliphatic carbocycles. The van der Waals surface area contributed by atoms with Crippen LogP contribution < -0.4 is 0 Å². The SMILES string of the molecule is C=CCO[C@H]1O[C@H](CS(=O)(=O)c2ccc(C)cc2)[C@@H](O)[C@H](O)[C@@H]1O. The molecule has 1 aromatic carbocycles. The minimum absolute atomic E-state index is 0.0436. The molecular formula is C16H22O7S. The van der Waals surface area contributed by atoms with Gasteiger partial charge in [-0.05, 0) is 19.1 Å². The second-order valence-electron chi connectivity index (χ2n) is 5.73. The molecule has 1 aromatic rings. The molecule has 0 amide bonds. The monoisotopic (exact) mass is 358 g/mol. The fourth-order valence-corrected chi connectivity index (χ4v) is 3.86. The molecule has 1 heterocycles. The molecule has 5 atom stereocenters. The zero-order valence-corrected chi connectivity index (χ0v) is 14.1. The van der Waals surface area contributed by atoms with Crippen molar-refractivity contribution < 1.29 is 33.2 Å². The number of hydrogen-bond acceptors (Lipinski definition) is 7. The summed E-state index contributed by atoms with van der Waals surface area (Å²) in [6.07, 6.45) is -5.68. The summed E-state index contributed by atoms with van der Waals surface area (Å²) in [5.41, 5.74) is 0.916. The first-order valence-electron chi connectivity index (χ1n) is 7.48. The largest absolute Gasteiger partial charge is 0.388 e. The predicted molar refractivity (Wildman–Crippen MR) is 86.1 cm³/mol. The zero-order chi connectivity index (χ0) is 17.9. The fourth-order valence-electron chi connectivity index (χ4n) is 2.41. The van der Waals surface area contributed by atoms with E-state index in [0.29, 0.717) is 0 Å². The van der Waals surface area contributed by atoms with Gasteiger partial charge in [0.1, 0.15) is 24.4 Å². The van der Waals surface area contributed by atoms with E-state index in [0.717, 1.165) is 5.56 Å². The van der Waals surface area contributed by atoms with E-state index in [2.05, 4.69) is 6.58 Å². The smallest absolute Gasteiger partial charge is 0.186 e. The van der Waals surface area contributed by atoms with E-state index in [1.807, 2.05) is 6.92 Å². The van der Waals surface area contributed by atoms with Crippen molar-refractivity contribution in [3.63, 3.8) is 0 Å². The summed E-state index contributed by atoms with van der Waals surface area (Å²) in [7, 11) is -3.75. The third-order valence-corrected chi connectivity index (χ3v) is 5.57. The number of rotatable bonds is 6. The molecule has 1 saturated heterocycles. The van der Waals surface area contributed by atoms with Gasteiger partial charge in [0.05, 0.1) is 17.3 Å². The molecule has 0 spiro atoms. The average Bonchev–Trinajstić information content (AvgIpc) is 2.54. The number of aryl methyl sites for hydroxylation is 1. The zero-order valence-electron chi connectivity index (χ0n) is 13.3. The Bertz CT molecular complexity index is 656. The van der Waals surface area contributed by atoms with Crippen LogP contribution in [0, 0.1) is 6.92 Å². The average molecular weight is 358 g/mol. The van der Waals surface area contributed by atoms with Crippen molar-refractivity contribution in [2.75, 3.05) is 12.4 Å². The number of aliphatic hydroxyl groups excluding tert-OH is 3. The lowest BCUT2D eigenvalue weighted by Gasteiger charge is -2.40. The Labute approximate surface area is 141 Å². The number of benzene rings is 1. The van der Waals surface area contributed by atoms with Gasteiger partial charge in [-0.3, -0.25) is 0 Å². The van der Waals surface area contributed by atoms with E-state index in [1.54, 1.807) is 12.1 Å². The molecule has 3 N–H and O–H groups in total. The van der Waals surface area contributed by atoms with Gasteiger partial charge >= 0.3 is 0 Å². The standard InChI is InChI=1S/C16H22O7S/c1-3-8-22-16-15(19)14(18)13(17)12(23-16)9-24(20,21)11-6-4-10(2)5-7-11/h3-7,12-19H,1,8-9H2,2H3/t12-,13-,14+,15+,16+/m1/s1. The minimum atomic E-state index is -3.75. The highest BCUT2D eigenvalue weighted by Gasteiger charge is 2.45. The molecule has 1 fully saturated rings. The molecule has 2 rings (SSSR count). The molecule has 0 aromatic heterocycles. The Balaban J connectivity index is 2.16. The minimum Gasteiger partial charge on any atom is -0.388 e. The van der Waals surface area contributed by atoms with Crippen molar-refractivity contribution in [2.45, 2.75) is 42.5 Å². The van der Waals surface area contributed by atoms with Gasteiger partial charge in [-0.1, -0.05) is 23.8 Å². The van der Waals surface area contributed by atoms with Crippen molar-refractivity contribution >= 4 is 9.84 Å². The van der Waals surface area contributed by atoms with E-state index < -0.39 is 46.3 Å². The summed E-state index contributed by atoms with van der Waals surface area (Å²) in [5.74, 6) is -0.547. The molecule has 134 valence electrons. The summed E-state index contributed by atoms with van der Waals surface area (Å²) in [5, 5.41) is 29.8. The van der Waals surface area contributed by atoms with Gasteiger partial charge in [-0.25, -0.2) is 8.42 Å². The first-order valence-corrected chi connectivity index (χ1v) is 9.13. The third kappa shape index (κ3) is 4.21. The van der Waals surface area contributed by atoms with Gasteiger partial charge in [0.25, 0.3) is 0 Å². The first kappa shape index (κ1) is 19.0. The normalized spacial score (nSPS) is 30.9. The highest BCUT2D eigenvalue weighted by Crippen LogP contribution is 2.25. The van der Waals surface area contributed by atoms with Crippen molar-refractivity contribution in [3.8, 4) is 0 Å². The number of aliphatic hydroxyl groups is 3. The van der Waals surface area contributed by atoms with Crippen LogP contribution in [0.25, 0.3) is 0 Å². The molecule has 0 unspecified atom stereocenters. The van der Waals surface area contributed by atoms with Crippen LogP contribution in [0.4, 0.5) is 0 Å². The van der Waals surface area contributed by atoms with E-state index >= 15 is 0 Å². The quantitative estimate of drug-likeness (QED) is 0.603. The number of hydrogen-bond donors (Lipinski definition) is 3. The third-order valence-electron chi connectivity index (χ3n) is 3.81. The van der Waals surface area contributed by atoms with Crippen molar-refractivity contribution in [2.24, 2.45) is 0 Å². The Hall–Kier alpha value is -1.29. The van der Waals surface area contributed by atoms with Crippen molar-refractivity contribution in [3.05, 3.63) is 42.5 Å². The molecule has 0 radical (unpaired) electrons. The lowest BCUT2D eigenvalue weighted by atomic mass is 10.00. The van der Waals surface area contributed by atoms with Crippen molar-refractivity contribution in [1.29, 1.82) is 0 Å². The fraction of sp³-hybridized carbons (Fsp3) is 0.500. The van der Waals surface area contributed by atoms with Gasteiger partial charge in [0, 0.05) is 0 Å². The van der Waals surface area contributed by atoms with Crippen molar-refractivity contribution in [1.82, 2.24) is 0 Å². The lowest BCUT2D eigenvalue weighted by Crippen LogP contribution is -2.59. The highest BCUT2D eigenvalue weighted by atomic mass is 32.2. The van der Waals surface area contributed by atoms with Crippen LogP contribution in [-0.4, -0.2) is 66.8 Å². The Morgan fingerprint density at radius 1 is 1.17 bits per heavy atom. The molecule has 7 nitrogen and oxygen atoms in total. The summed E-state index contributed by atoms with van der Waals surface area (Å²) >= 11 is 0. The Morgan fingerprint density at radius 3 is 2.38 bits per heavy atom.